The van der Waals surface area contributed by atoms with Gasteiger partial charge < -0.3 is 15.3 Å². The molecule has 4 nitrogen and oxygen atoms in total. The van der Waals surface area contributed by atoms with Gasteiger partial charge in [0.15, 0.2) is 0 Å². The molecule has 0 amide bonds. The third-order valence-electron chi connectivity index (χ3n) is 3.13. The average molecular weight is 279 g/mol. The Morgan fingerprint density at radius 2 is 2.05 bits per heavy atom. The van der Waals surface area contributed by atoms with Crippen molar-refractivity contribution in [3.8, 4) is 0 Å². The number of hydrogen-bond donors (Lipinski definition) is 2. The molecule has 0 atom stereocenters. The van der Waals surface area contributed by atoms with Gasteiger partial charge in [0.05, 0.1) is 0 Å². The zero-order valence-corrected chi connectivity index (χ0v) is 13.5. The van der Waals surface area contributed by atoms with Gasteiger partial charge >= 0.3 is 0 Å². The molecule has 1 rings (SSSR count). The number of rotatable bonds is 7. The van der Waals surface area contributed by atoms with E-state index in [4.69, 9.17) is 5.11 Å². The lowest BCUT2D eigenvalue weighted by atomic mass is 10.1. The van der Waals surface area contributed by atoms with Crippen molar-refractivity contribution < 1.29 is 5.11 Å². The maximum absolute atomic E-state index is 9.06. The molecule has 0 saturated heterocycles. The Bertz CT molecular complexity index is 399. The van der Waals surface area contributed by atoms with Gasteiger partial charge in [0, 0.05) is 43.0 Å². The van der Waals surface area contributed by atoms with E-state index >= 15 is 0 Å². The van der Waals surface area contributed by atoms with Crippen LogP contribution in [0.4, 0.5) is 5.82 Å². The predicted octanol–water partition coefficient (Wildman–Crippen LogP) is 2.57. The molecule has 1 aromatic rings. The van der Waals surface area contributed by atoms with Crippen molar-refractivity contribution in [3.05, 3.63) is 23.9 Å². The van der Waals surface area contributed by atoms with E-state index in [1.165, 1.54) is 5.56 Å². The Morgan fingerprint density at radius 1 is 1.35 bits per heavy atom. The SMILES string of the molecule is CC(C)N(CCCO)c1ncccc1CNC(C)(C)C. The third-order valence-corrected chi connectivity index (χ3v) is 3.13. The second-order valence-electron chi connectivity index (χ2n) is 6.45. The first-order valence-electron chi connectivity index (χ1n) is 7.41. The topological polar surface area (TPSA) is 48.4 Å². The van der Waals surface area contributed by atoms with Gasteiger partial charge in [0.2, 0.25) is 0 Å². The predicted molar refractivity (Wildman–Crippen MR) is 85.0 cm³/mol. The molecule has 1 heterocycles. The van der Waals surface area contributed by atoms with Crippen molar-refractivity contribution in [2.75, 3.05) is 18.1 Å². The monoisotopic (exact) mass is 279 g/mol. The fourth-order valence-electron chi connectivity index (χ4n) is 2.04. The molecule has 4 heteroatoms. The van der Waals surface area contributed by atoms with Gasteiger partial charge in [-0.25, -0.2) is 4.98 Å². The molecule has 0 aliphatic carbocycles. The fourth-order valence-corrected chi connectivity index (χ4v) is 2.04. The molecule has 0 radical (unpaired) electrons. The molecule has 0 bridgehead atoms. The van der Waals surface area contributed by atoms with Crippen LogP contribution in [0.25, 0.3) is 0 Å². The molecule has 0 fully saturated rings. The van der Waals surface area contributed by atoms with E-state index in [1.54, 1.807) is 0 Å². The first kappa shape index (κ1) is 16.9. The molecule has 0 unspecified atom stereocenters. The number of aliphatic hydroxyl groups is 1. The fraction of sp³-hybridized carbons (Fsp3) is 0.688. The Hall–Kier alpha value is -1.13. The molecule has 0 spiro atoms. The highest BCUT2D eigenvalue weighted by atomic mass is 16.3. The summed E-state index contributed by atoms with van der Waals surface area (Å²) >= 11 is 0. The van der Waals surface area contributed by atoms with Crippen LogP contribution in [0, 0.1) is 0 Å². The van der Waals surface area contributed by atoms with Crippen molar-refractivity contribution in [2.24, 2.45) is 0 Å². The van der Waals surface area contributed by atoms with E-state index in [9.17, 15) is 0 Å². The molecule has 20 heavy (non-hydrogen) atoms. The summed E-state index contributed by atoms with van der Waals surface area (Å²) in [5, 5.41) is 12.6. The third kappa shape index (κ3) is 5.47. The van der Waals surface area contributed by atoms with Crippen molar-refractivity contribution in [3.63, 3.8) is 0 Å². The molecule has 1 aromatic heterocycles. The zero-order valence-electron chi connectivity index (χ0n) is 13.5. The minimum Gasteiger partial charge on any atom is -0.396 e. The second-order valence-corrected chi connectivity index (χ2v) is 6.45. The number of pyridine rings is 1. The second kappa shape index (κ2) is 7.60. The minimum absolute atomic E-state index is 0.0842. The van der Waals surface area contributed by atoms with Crippen molar-refractivity contribution in [2.45, 2.75) is 59.2 Å². The van der Waals surface area contributed by atoms with E-state index in [0.29, 0.717) is 6.04 Å². The molecule has 114 valence electrons. The van der Waals surface area contributed by atoms with Crippen molar-refractivity contribution in [1.29, 1.82) is 0 Å². The van der Waals surface area contributed by atoms with Crippen molar-refractivity contribution in [1.82, 2.24) is 10.3 Å². The van der Waals surface area contributed by atoms with Gasteiger partial charge in [0.25, 0.3) is 0 Å². The summed E-state index contributed by atoms with van der Waals surface area (Å²) in [7, 11) is 0. The molecular formula is C16H29N3O. The molecular weight excluding hydrogens is 250 g/mol. The highest BCUT2D eigenvalue weighted by Crippen LogP contribution is 2.20. The van der Waals surface area contributed by atoms with Crippen LogP contribution < -0.4 is 10.2 Å². The van der Waals surface area contributed by atoms with Crippen molar-refractivity contribution >= 4 is 5.82 Å². The minimum atomic E-state index is 0.0842. The van der Waals surface area contributed by atoms with E-state index < -0.39 is 0 Å². The normalized spacial score (nSPS) is 11.9. The first-order valence-corrected chi connectivity index (χ1v) is 7.41. The summed E-state index contributed by atoms with van der Waals surface area (Å²) in [6.45, 7) is 12.6. The van der Waals surface area contributed by atoms with E-state index in [0.717, 1.165) is 25.3 Å². The van der Waals surface area contributed by atoms with Gasteiger partial charge in [0.1, 0.15) is 5.82 Å². The number of aromatic nitrogens is 1. The number of nitrogens with one attached hydrogen (secondary N) is 1. The zero-order chi connectivity index (χ0) is 15.2. The van der Waals surface area contributed by atoms with Gasteiger partial charge in [-0.1, -0.05) is 6.07 Å². The van der Waals surface area contributed by atoms with Crippen LogP contribution in [0.1, 0.15) is 46.6 Å². The summed E-state index contributed by atoms with van der Waals surface area (Å²) in [6, 6.07) is 4.47. The average Bonchev–Trinajstić information content (AvgIpc) is 2.36. The Labute approximate surface area is 123 Å². The Kier molecular flexibility index (Phi) is 6.43. The molecule has 2 N–H and O–H groups in total. The van der Waals surface area contributed by atoms with E-state index in [-0.39, 0.29) is 12.1 Å². The lowest BCUT2D eigenvalue weighted by Gasteiger charge is -2.30. The van der Waals surface area contributed by atoms with Crippen LogP contribution in [-0.4, -0.2) is 34.8 Å². The van der Waals surface area contributed by atoms with Crippen LogP contribution >= 0.6 is 0 Å². The lowest BCUT2D eigenvalue weighted by Crippen LogP contribution is -2.37. The summed E-state index contributed by atoms with van der Waals surface area (Å²) in [5.41, 5.74) is 1.29. The molecule has 0 aliphatic heterocycles. The summed E-state index contributed by atoms with van der Waals surface area (Å²) in [6.07, 6.45) is 2.60. The maximum Gasteiger partial charge on any atom is 0.133 e. The van der Waals surface area contributed by atoms with Crippen LogP contribution in [0.3, 0.4) is 0 Å². The van der Waals surface area contributed by atoms with Gasteiger partial charge in [-0.2, -0.15) is 0 Å². The maximum atomic E-state index is 9.06. The summed E-state index contributed by atoms with van der Waals surface area (Å²) in [4.78, 5) is 6.82. The highest BCUT2D eigenvalue weighted by Gasteiger charge is 2.17. The van der Waals surface area contributed by atoms with E-state index in [2.05, 4.69) is 55.9 Å². The Morgan fingerprint density at radius 3 is 2.60 bits per heavy atom. The highest BCUT2D eigenvalue weighted by molar-refractivity contribution is 5.47. The van der Waals surface area contributed by atoms with Crippen LogP contribution in [0.5, 0.6) is 0 Å². The lowest BCUT2D eigenvalue weighted by molar-refractivity contribution is 0.288. The van der Waals surface area contributed by atoms with Gasteiger partial charge in [-0.3, -0.25) is 0 Å². The number of anilines is 1. The molecule has 0 saturated carbocycles. The van der Waals surface area contributed by atoms with Crippen LogP contribution in [0.2, 0.25) is 0 Å². The summed E-state index contributed by atoms with van der Waals surface area (Å²) in [5.74, 6) is 1.02. The smallest absolute Gasteiger partial charge is 0.133 e. The largest absolute Gasteiger partial charge is 0.396 e. The Balaban J connectivity index is 2.91. The molecule has 0 aromatic carbocycles. The molecule has 0 aliphatic rings. The standard InChI is InChI=1S/C16H29N3O/c1-13(2)19(10-7-11-20)15-14(8-6-9-17-15)12-18-16(3,4)5/h6,8-9,13,18,20H,7,10-12H2,1-5H3. The van der Waals surface area contributed by atoms with Crippen LogP contribution in [-0.2, 0) is 6.54 Å². The summed E-state index contributed by atoms with van der Waals surface area (Å²) < 4.78 is 0. The van der Waals surface area contributed by atoms with Gasteiger partial charge in [-0.15, -0.1) is 0 Å². The quantitative estimate of drug-likeness (QED) is 0.805. The van der Waals surface area contributed by atoms with Gasteiger partial charge in [-0.05, 0) is 47.1 Å². The number of hydrogen-bond acceptors (Lipinski definition) is 4. The first-order chi connectivity index (χ1) is 9.35. The number of aliphatic hydroxyl groups excluding tert-OH is 1. The van der Waals surface area contributed by atoms with Crippen LogP contribution in [0.15, 0.2) is 18.3 Å². The number of nitrogens with zero attached hydrogens (tertiary/aromatic N) is 2. The van der Waals surface area contributed by atoms with E-state index in [1.807, 2.05) is 12.3 Å².